The summed E-state index contributed by atoms with van der Waals surface area (Å²) in [6.07, 6.45) is 7.64. The van der Waals surface area contributed by atoms with Crippen molar-refractivity contribution in [2.24, 2.45) is 23.2 Å². The van der Waals surface area contributed by atoms with Crippen molar-refractivity contribution in [2.75, 3.05) is 11.9 Å². The van der Waals surface area contributed by atoms with Crippen molar-refractivity contribution in [1.29, 1.82) is 0 Å². The molecule has 0 bridgehead atoms. The third kappa shape index (κ3) is 4.09. The van der Waals surface area contributed by atoms with E-state index in [-0.39, 0.29) is 11.3 Å². The standard InChI is InChI=1S/C24H38N6O/c1-15(2)29(16(3)4)7-8-30-22-20(13-27-30)21(25-14-26-22)28-23(31)24-11-17(5)9-19(24)10-18(6)12-24/h13-19H,7-12H2,1-6H3,(H,25,26,28,31). The normalized spacial score (nSPS) is 28.2. The van der Waals surface area contributed by atoms with E-state index in [0.717, 1.165) is 49.8 Å². The smallest absolute Gasteiger partial charge is 0.232 e. The molecule has 1 N–H and O–H groups in total. The van der Waals surface area contributed by atoms with Crippen LogP contribution in [0.5, 0.6) is 0 Å². The van der Waals surface area contributed by atoms with Gasteiger partial charge in [0.05, 0.1) is 23.5 Å². The van der Waals surface area contributed by atoms with Crippen molar-refractivity contribution >= 4 is 22.8 Å². The van der Waals surface area contributed by atoms with E-state index in [1.165, 1.54) is 0 Å². The van der Waals surface area contributed by atoms with E-state index in [2.05, 4.69) is 66.8 Å². The molecule has 170 valence electrons. The Bertz CT molecular complexity index is 913. The van der Waals surface area contributed by atoms with Crippen molar-refractivity contribution in [2.45, 2.75) is 85.9 Å². The molecule has 0 spiro atoms. The molecule has 0 saturated heterocycles. The summed E-state index contributed by atoms with van der Waals surface area (Å²) in [7, 11) is 0. The fourth-order valence-corrected chi connectivity index (χ4v) is 6.43. The number of hydrogen-bond acceptors (Lipinski definition) is 5. The summed E-state index contributed by atoms with van der Waals surface area (Å²) in [5.41, 5.74) is 0.549. The largest absolute Gasteiger partial charge is 0.309 e. The first-order chi connectivity index (χ1) is 14.7. The van der Waals surface area contributed by atoms with E-state index in [1.807, 2.05) is 4.68 Å². The topological polar surface area (TPSA) is 75.9 Å². The van der Waals surface area contributed by atoms with Gasteiger partial charge in [0.15, 0.2) is 5.65 Å². The van der Waals surface area contributed by atoms with Gasteiger partial charge in [0.1, 0.15) is 12.1 Å². The lowest BCUT2D eigenvalue weighted by atomic mass is 9.78. The molecule has 0 aromatic carbocycles. The number of carbonyl (C=O) groups excluding carboxylic acids is 1. The average Bonchev–Trinajstić information content (AvgIpc) is 3.32. The van der Waals surface area contributed by atoms with Crippen molar-refractivity contribution in [3.63, 3.8) is 0 Å². The highest BCUT2D eigenvalue weighted by Gasteiger charge is 2.55. The highest BCUT2D eigenvalue weighted by atomic mass is 16.2. The number of nitrogens with zero attached hydrogens (tertiary/aromatic N) is 5. The van der Waals surface area contributed by atoms with Crippen molar-refractivity contribution in [3.05, 3.63) is 12.5 Å². The lowest BCUT2D eigenvalue weighted by Crippen LogP contribution is -2.39. The highest BCUT2D eigenvalue weighted by Crippen LogP contribution is 2.58. The van der Waals surface area contributed by atoms with E-state index in [4.69, 9.17) is 0 Å². The van der Waals surface area contributed by atoms with Crippen molar-refractivity contribution in [3.8, 4) is 0 Å². The Morgan fingerprint density at radius 1 is 1.16 bits per heavy atom. The predicted molar refractivity (Wildman–Crippen MR) is 124 cm³/mol. The van der Waals surface area contributed by atoms with Crippen LogP contribution < -0.4 is 5.32 Å². The minimum Gasteiger partial charge on any atom is -0.309 e. The van der Waals surface area contributed by atoms with Gasteiger partial charge in [-0.2, -0.15) is 5.10 Å². The Kier molecular flexibility index (Phi) is 6.08. The maximum absolute atomic E-state index is 13.5. The van der Waals surface area contributed by atoms with E-state index in [0.29, 0.717) is 35.7 Å². The molecule has 0 radical (unpaired) electrons. The summed E-state index contributed by atoms with van der Waals surface area (Å²) in [4.78, 5) is 24.9. The van der Waals surface area contributed by atoms with Crippen LogP contribution in [0, 0.1) is 23.2 Å². The first-order valence-electron chi connectivity index (χ1n) is 11.9. The minimum absolute atomic E-state index is 0.143. The van der Waals surface area contributed by atoms with Gasteiger partial charge >= 0.3 is 0 Å². The van der Waals surface area contributed by atoms with Gasteiger partial charge in [-0.1, -0.05) is 13.8 Å². The average molecular weight is 427 g/mol. The molecule has 2 heterocycles. The summed E-state index contributed by atoms with van der Waals surface area (Å²) in [6.45, 7) is 15.1. The molecular formula is C24H38N6O. The molecule has 2 fully saturated rings. The number of rotatable bonds is 7. The lowest BCUT2D eigenvalue weighted by molar-refractivity contribution is -0.126. The zero-order chi connectivity index (χ0) is 22.3. The summed E-state index contributed by atoms with van der Waals surface area (Å²) in [5, 5.41) is 8.59. The number of nitrogens with one attached hydrogen (secondary N) is 1. The van der Waals surface area contributed by atoms with Crippen LogP contribution in [0.2, 0.25) is 0 Å². The highest BCUT2D eigenvalue weighted by molar-refractivity contribution is 6.01. The molecule has 2 aromatic rings. The second-order valence-corrected chi connectivity index (χ2v) is 10.6. The molecule has 2 aliphatic carbocycles. The van der Waals surface area contributed by atoms with Gasteiger partial charge in [-0.3, -0.25) is 9.69 Å². The van der Waals surface area contributed by atoms with Crippen LogP contribution in [-0.4, -0.2) is 49.2 Å². The minimum atomic E-state index is -0.235. The van der Waals surface area contributed by atoms with Crippen molar-refractivity contribution in [1.82, 2.24) is 24.6 Å². The quantitative estimate of drug-likeness (QED) is 0.712. The molecule has 2 unspecified atom stereocenters. The van der Waals surface area contributed by atoms with E-state index < -0.39 is 0 Å². The van der Waals surface area contributed by atoms with Crippen LogP contribution >= 0.6 is 0 Å². The summed E-state index contributed by atoms with van der Waals surface area (Å²) in [6, 6.07) is 0.946. The van der Waals surface area contributed by atoms with Gasteiger partial charge in [0, 0.05) is 18.6 Å². The molecule has 31 heavy (non-hydrogen) atoms. The summed E-state index contributed by atoms with van der Waals surface area (Å²) in [5.74, 6) is 2.46. The first-order valence-corrected chi connectivity index (χ1v) is 11.9. The van der Waals surface area contributed by atoms with Gasteiger partial charge in [0.2, 0.25) is 5.91 Å². The third-order valence-corrected chi connectivity index (χ3v) is 7.59. The van der Waals surface area contributed by atoms with Crippen molar-refractivity contribution < 1.29 is 4.79 Å². The predicted octanol–water partition coefficient (Wildman–Crippen LogP) is 4.35. The molecular weight excluding hydrogens is 388 g/mol. The molecule has 2 atom stereocenters. The molecule has 0 aliphatic heterocycles. The van der Waals surface area contributed by atoms with Crippen LogP contribution in [-0.2, 0) is 11.3 Å². The Hall–Kier alpha value is -2.02. The van der Waals surface area contributed by atoms with E-state index in [1.54, 1.807) is 12.5 Å². The Morgan fingerprint density at radius 2 is 1.81 bits per heavy atom. The molecule has 4 rings (SSSR count). The number of aromatic nitrogens is 4. The van der Waals surface area contributed by atoms with Gasteiger partial charge in [-0.25, -0.2) is 14.6 Å². The number of fused-ring (bicyclic) bond motifs is 2. The number of amides is 1. The van der Waals surface area contributed by atoms with Gasteiger partial charge in [-0.05, 0) is 71.1 Å². The van der Waals surface area contributed by atoms with Gasteiger partial charge in [-0.15, -0.1) is 0 Å². The first kappa shape index (κ1) is 22.2. The van der Waals surface area contributed by atoms with Gasteiger partial charge in [0.25, 0.3) is 0 Å². The van der Waals surface area contributed by atoms with Crippen LogP contribution in [0.3, 0.4) is 0 Å². The van der Waals surface area contributed by atoms with Crippen LogP contribution in [0.4, 0.5) is 5.82 Å². The molecule has 1 amide bonds. The molecule has 2 saturated carbocycles. The van der Waals surface area contributed by atoms with E-state index >= 15 is 0 Å². The Balaban J connectivity index is 1.54. The Morgan fingerprint density at radius 3 is 2.42 bits per heavy atom. The summed E-state index contributed by atoms with van der Waals surface area (Å²) < 4.78 is 1.93. The second kappa shape index (κ2) is 8.49. The SMILES string of the molecule is CC1CC2CC(C)CC2(C(=O)Nc2ncnc3c2cnn3CCN(C(C)C)C(C)C)C1. The molecule has 2 aliphatic rings. The Labute approximate surface area is 186 Å². The number of anilines is 1. The zero-order valence-electron chi connectivity index (χ0n) is 19.9. The second-order valence-electron chi connectivity index (χ2n) is 10.6. The molecule has 2 aromatic heterocycles. The van der Waals surface area contributed by atoms with Crippen LogP contribution in [0.15, 0.2) is 12.5 Å². The van der Waals surface area contributed by atoms with Gasteiger partial charge < -0.3 is 5.32 Å². The zero-order valence-corrected chi connectivity index (χ0v) is 19.9. The molecule has 7 heteroatoms. The molecule has 7 nitrogen and oxygen atoms in total. The number of hydrogen-bond donors (Lipinski definition) is 1. The maximum atomic E-state index is 13.5. The van der Waals surface area contributed by atoms with Crippen LogP contribution in [0.1, 0.15) is 67.2 Å². The number of carbonyl (C=O) groups is 1. The monoisotopic (exact) mass is 426 g/mol. The summed E-state index contributed by atoms with van der Waals surface area (Å²) >= 11 is 0. The maximum Gasteiger partial charge on any atom is 0.232 e. The third-order valence-electron chi connectivity index (χ3n) is 7.59. The fourth-order valence-electron chi connectivity index (χ4n) is 6.43. The lowest BCUT2D eigenvalue weighted by Gasteiger charge is -2.30. The fraction of sp³-hybridized carbons (Fsp3) is 0.750. The van der Waals surface area contributed by atoms with Crippen LogP contribution in [0.25, 0.3) is 11.0 Å². The van der Waals surface area contributed by atoms with E-state index in [9.17, 15) is 4.79 Å².